The predicted octanol–water partition coefficient (Wildman–Crippen LogP) is 0.994. The lowest BCUT2D eigenvalue weighted by atomic mass is 10.1. The van der Waals surface area contributed by atoms with Crippen LogP contribution in [0.15, 0.2) is 21.5 Å². The number of hydrogen-bond acceptors (Lipinski definition) is 3. The van der Waals surface area contributed by atoms with Crippen LogP contribution in [0.4, 0.5) is 0 Å². The average molecular weight is 149 g/mol. The topological polar surface area (TPSA) is 43.1 Å². The molecule has 1 aliphatic carbocycles. The summed E-state index contributed by atoms with van der Waals surface area (Å²) >= 11 is 0. The van der Waals surface area contributed by atoms with E-state index in [4.69, 9.17) is 4.42 Å². The van der Waals surface area contributed by atoms with Gasteiger partial charge in [0.15, 0.2) is 0 Å². The maximum absolute atomic E-state index is 10.7. The standard InChI is InChI=1S/C8H7NO2/c10-8-5-9-6-3-1-2-4-7(6)11-8/h1,3,5H,2,4H2. The lowest BCUT2D eigenvalue weighted by Gasteiger charge is -2.04. The predicted molar refractivity (Wildman–Crippen MR) is 40.1 cm³/mol. The average Bonchev–Trinajstić information content (AvgIpc) is 2.04. The highest BCUT2D eigenvalue weighted by Gasteiger charge is 2.07. The first-order valence-electron chi connectivity index (χ1n) is 3.52. The molecule has 2 rings (SSSR count). The van der Waals surface area contributed by atoms with E-state index in [-0.39, 0.29) is 5.63 Å². The lowest BCUT2D eigenvalue weighted by Crippen LogP contribution is -2.06. The molecule has 0 aliphatic heterocycles. The van der Waals surface area contributed by atoms with Gasteiger partial charge in [-0.05, 0) is 12.5 Å². The van der Waals surface area contributed by atoms with Crippen LogP contribution < -0.4 is 5.63 Å². The first-order chi connectivity index (χ1) is 5.36. The summed E-state index contributed by atoms with van der Waals surface area (Å²) in [5, 5.41) is 0. The summed E-state index contributed by atoms with van der Waals surface area (Å²) in [7, 11) is 0. The molecular weight excluding hydrogens is 142 g/mol. The van der Waals surface area contributed by atoms with Gasteiger partial charge in [0, 0.05) is 6.42 Å². The fourth-order valence-electron chi connectivity index (χ4n) is 1.12. The Hall–Kier alpha value is -1.38. The van der Waals surface area contributed by atoms with Gasteiger partial charge >= 0.3 is 5.63 Å². The maximum Gasteiger partial charge on any atom is 0.354 e. The molecule has 0 bridgehead atoms. The minimum Gasteiger partial charge on any atom is -0.424 e. The van der Waals surface area contributed by atoms with Gasteiger partial charge in [-0.1, -0.05) is 6.08 Å². The van der Waals surface area contributed by atoms with Gasteiger partial charge in [0.05, 0.1) is 0 Å². The first kappa shape index (κ1) is 6.34. The van der Waals surface area contributed by atoms with Crippen molar-refractivity contribution in [2.45, 2.75) is 12.8 Å². The second-order valence-corrected chi connectivity index (χ2v) is 2.43. The fourth-order valence-corrected chi connectivity index (χ4v) is 1.12. The van der Waals surface area contributed by atoms with Crippen LogP contribution in [-0.4, -0.2) is 4.98 Å². The van der Waals surface area contributed by atoms with Gasteiger partial charge in [-0.2, -0.15) is 0 Å². The molecular formula is C8H7NO2. The zero-order valence-corrected chi connectivity index (χ0v) is 5.91. The second-order valence-electron chi connectivity index (χ2n) is 2.43. The van der Waals surface area contributed by atoms with Gasteiger partial charge in [0.2, 0.25) is 0 Å². The number of rotatable bonds is 0. The smallest absolute Gasteiger partial charge is 0.354 e. The molecule has 3 nitrogen and oxygen atoms in total. The highest BCUT2D eigenvalue weighted by Crippen LogP contribution is 2.13. The highest BCUT2D eigenvalue weighted by atomic mass is 16.4. The number of allylic oxidation sites excluding steroid dienone is 1. The molecule has 0 spiro atoms. The van der Waals surface area contributed by atoms with Crippen LogP contribution in [0.2, 0.25) is 0 Å². The van der Waals surface area contributed by atoms with Crippen molar-refractivity contribution in [3.8, 4) is 0 Å². The largest absolute Gasteiger partial charge is 0.424 e. The Labute approximate surface area is 63.4 Å². The van der Waals surface area contributed by atoms with Crippen LogP contribution in [0.25, 0.3) is 6.08 Å². The molecule has 1 aliphatic rings. The van der Waals surface area contributed by atoms with E-state index in [9.17, 15) is 4.79 Å². The van der Waals surface area contributed by atoms with Crippen molar-refractivity contribution in [2.75, 3.05) is 0 Å². The van der Waals surface area contributed by atoms with E-state index >= 15 is 0 Å². The molecule has 0 N–H and O–H groups in total. The van der Waals surface area contributed by atoms with E-state index in [1.54, 1.807) is 0 Å². The van der Waals surface area contributed by atoms with Gasteiger partial charge in [-0.15, -0.1) is 0 Å². The van der Waals surface area contributed by atoms with Crippen LogP contribution >= 0.6 is 0 Å². The Kier molecular flexibility index (Phi) is 1.35. The molecule has 56 valence electrons. The molecule has 0 aromatic carbocycles. The van der Waals surface area contributed by atoms with Crippen molar-refractivity contribution < 1.29 is 4.42 Å². The number of hydrogen-bond donors (Lipinski definition) is 0. The van der Waals surface area contributed by atoms with Crippen molar-refractivity contribution in [2.24, 2.45) is 0 Å². The number of aromatic nitrogens is 1. The van der Waals surface area contributed by atoms with Crippen LogP contribution in [0.1, 0.15) is 17.9 Å². The SMILES string of the molecule is O=c1cnc2c(o1)CCC=C2. The van der Waals surface area contributed by atoms with E-state index in [1.807, 2.05) is 12.2 Å². The van der Waals surface area contributed by atoms with Gasteiger partial charge in [-0.25, -0.2) is 9.78 Å². The van der Waals surface area contributed by atoms with Crippen molar-refractivity contribution in [3.63, 3.8) is 0 Å². The summed E-state index contributed by atoms with van der Waals surface area (Å²) < 4.78 is 4.93. The van der Waals surface area contributed by atoms with Crippen molar-refractivity contribution in [1.82, 2.24) is 4.98 Å². The molecule has 1 heterocycles. The van der Waals surface area contributed by atoms with Crippen molar-refractivity contribution >= 4 is 6.08 Å². The monoisotopic (exact) mass is 149 g/mol. The Bertz CT molecular complexity index is 351. The molecule has 3 heteroatoms. The summed E-state index contributed by atoms with van der Waals surface area (Å²) in [6.45, 7) is 0. The number of fused-ring (bicyclic) bond motifs is 1. The first-order valence-corrected chi connectivity index (χ1v) is 3.52. The van der Waals surface area contributed by atoms with Crippen LogP contribution in [0, 0.1) is 0 Å². The van der Waals surface area contributed by atoms with Crippen LogP contribution in [0.3, 0.4) is 0 Å². The summed E-state index contributed by atoms with van der Waals surface area (Å²) in [6.07, 6.45) is 6.82. The van der Waals surface area contributed by atoms with Gasteiger partial charge in [-0.3, -0.25) is 0 Å². The quantitative estimate of drug-likeness (QED) is 0.552. The Morgan fingerprint density at radius 2 is 2.45 bits per heavy atom. The molecule has 1 aromatic rings. The van der Waals surface area contributed by atoms with Crippen LogP contribution in [-0.2, 0) is 6.42 Å². The molecule has 0 amide bonds. The molecule has 1 aromatic heterocycles. The minimum absolute atomic E-state index is 0.362. The maximum atomic E-state index is 10.7. The Balaban J connectivity index is 2.62. The summed E-state index contributed by atoms with van der Waals surface area (Å²) in [5.74, 6) is 0.708. The van der Waals surface area contributed by atoms with E-state index in [0.29, 0.717) is 5.76 Å². The molecule has 11 heavy (non-hydrogen) atoms. The lowest BCUT2D eigenvalue weighted by molar-refractivity contribution is 0.448. The normalized spacial score (nSPS) is 14.5. The fraction of sp³-hybridized carbons (Fsp3) is 0.250. The summed E-state index contributed by atoms with van der Waals surface area (Å²) in [4.78, 5) is 14.6. The van der Waals surface area contributed by atoms with Gasteiger partial charge < -0.3 is 4.42 Å². The Morgan fingerprint density at radius 1 is 1.55 bits per heavy atom. The van der Waals surface area contributed by atoms with Gasteiger partial charge in [0.1, 0.15) is 17.7 Å². The van der Waals surface area contributed by atoms with E-state index in [2.05, 4.69) is 4.98 Å². The molecule has 0 radical (unpaired) electrons. The van der Waals surface area contributed by atoms with Crippen molar-refractivity contribution in [3.05, 3.63) is 34.1 Å². The third kappa shape index (κ3) is 1.09. The van der Waals surface area contributed by atoms with E-state index < -0.39 is 0 Å². The second kappa shape index (κ2) is 2.34. The Morgan fingerprint density at radius 3 is 3.36 bits per heavy atom. The summed E-state index contributed by atoms with van der Waals surface area (Å²) in [5.41, 5.74) is 0.426. The molecule has 0 unspecified atom stereocenters. The minimum atomic E-state index is -0.362. The number of aryl methyl sites for hydroxylation is 1. The molecule has 0 saturated heterocycles. The zero-order chi connectivity index (χ0) is 7.68. The van der Waals surface area contributed by atoms with Crippen LogP contribution in [0.5, 0.6) is 0 Å². The summed E-state index contributed by atoms with van der Waals surface area (Å²) in [6, 6.07) is 0. The highest BCUT2D eigenvalue weighted by molar-refractivity contribution is 5.48. The van der Waals surface area contributed by atoms with Gasteiger partial charge in [0.25, 0.3) is 0 Å². The number of nitrogens with zero attached hydrogens (tertiary/aromatic N) is 1. The third-order valence-electron chi connectivity index (χ3n) is 1.63. The molecule has 0 saturated carbocycles. The van der Waals surface area contributed by atoms with E-state index in [1.165, 1.54) is 6.20 Å². The zero-order valence-electron chi connectivity index (χ0n) is 5.91. The van der Waals surface area contributed by atoms with Crippen molar-refractivity contribution in [1.29, 1.82) is 0 Å². The molecule has 0 fully saturated rings. The van der Waals surface area contributed by atoms with E-state index in [0.717, 1.165) is 18.5 Å². The molecule has 0 atom stereocenters. The third-order valence-corrected chi connectivity index (χ3v) is 1.63.